The Morgan fingerprint density at radius 3 is 2.78 bits per heavy atom. The Balaban J connectivity index is 2.73. The van der Waals surface area contributed by atoms with Gasteiger partial charge in [-0.15, -0.1) is 0 Å². The van der Waals surface area contributed by atoms with E-state index < -0.39 is 4.51 Å². The summed E-state index contributed by atoms with van der Waals surface area (Å²) in [5.74, 6) is -0.308. The quantitative estimate of drug-likeness (QED) is 0.582. The number of allylic oxidation sites excluding steroid dienone is 2. The fraction of sp³-hybridized carbons (Fsp3) is 0.333. The maximum absolute atomic E-state index is 12.3. The lowest BCUT2D eigenvalue weighted by Gasteiger charge is -2.17. The first-order valence-corrected chi connectivity index (χ1v) is 3.35. The zero-order valence-electron chi connectivity index (χ0n) is 4.64. The highest BCUT2D eigenvalue weighted by Crippen LogP contribution is 2.28. The molecule has 0 heterocycles. The van der Waals surface area contributed by atoms with Crippen molar-refractivity contribution in [3.63, 3.8) is 0 Å². The van der Waals surface area contributed by atoms with Crippen LogP contribution in [-0.4, -0.2) is 9.62 Å². The molecule has 0 bridgehead atoms. The molecule has 1 rings (SSSR count). The van der Waals surface area contributed by atoms with Gasteiger partial charge < -0.3 is 5.11 Å². The third kappa shape index (κ3) is 1.91. The lowest BCUT2D eigenvalue weighted by molar-refractivity contribution is 0.185. The van der Waals surface area contributed by atoms with Crippen LogP contribution in [0.1, 0.15) is 6.42 Å². The van der Waals surface area contributed by atoms with E-state index in [2.05, 4.69) is 15.9 Å². The van der Waals surface area contributed by atoms with Crippen molar-refractivity contribution in [1.82, 2.24) is 0 Å². The summed E-state index contributed by atoms with van der Waals surface area (Å²) in [5, 5.41) is 9.09. The molecule has 0 saturated carbocycles. The minimum Gasteiger partial charge on any atom is -0.375 e. The van der Waals surface area contributed by atoms with Crippen LogP contribution in [0.5, 0.6) is 0 Å². The van der Waals surface area contributed by atoms with Crippen molar-refractivity contribution in [1.29, 1.82) is 0 Å². The predicted octanol–water partition coefficient (Wildman–Crippen LogP) is 1.88. The first-order chi connectivity index (χ1) is 4.10. The summed E-state index contributed by atoms with van der Waals surface area (Å²) in [6.45, 7) is 0. The molecule has 0 aliphatic heterocycles. The highest BCUT2D eigenvalue weighted by molar-refractivity contribution is 9.10. The maximum atomic E-state index is 12.3. The zero-order valence-corrected chi connectivity index (χ0v) is 6.23. The number of hydrogen-bond donors (Lipinski definition) is 1. The second kappa shape index (κ2) is 2.23. The largest absolute Gasteiger partial charge is 0.375 e. The minimum atomic E-state index is -1.16. The molecule has 3 heteroatoms. The molecule has 1 N–H and O–H groups in total. The molecule has 1 aliphatic carbocycles. The highest BCUT2D eigenvalue weighted by Gasteiger charge is 2.22. The molecule has 0 aromatic carbocycles. The van der Waals surface area contributed by atoms with E-state index in [1.165, 1.54) is 18.2 Å². The number of halogens is 2. The van der Waals surface area contributed by atoms with Crippen LogP contribution < -0.4 is 0 Å². The van der Waals surface area contributed by atoms with Gasteiger partial charge in [-0.05, 0) is 28.1 Å². The lowest BCUT2D eigenvalue weighted by Crippen LogP contribution is -2.17. The van der Waals surface area contributed by atoms with Crippen molar-refractivity contribution in [2.75, 3.05) is 0 Å². The van der Waals surface area contributed by atoms with Crippen LogP contribution in [0.25, 0.3) is 0 Å². The molecule has 1 unspecified atom stereocenters. The number of aliphatic hydroxyl groups is 1. The Morgan fingerprint density at radius 2 is 2.44 bits per heavy atom. The van der Waals surface area contributed by atoms with Crippen LogP contribution in [0, 0.1) is 0 Å². The van der Waals surface area contributed by atoms with E-state index in [0.717, 1.165) is 0 Å². The molecule has 50 valence electrons. The average molecular weight is 193 g/mol. The van der Waals surface area contributed by atoms with Crippen molar-refractivity contribution in [2.24, 2.45) is 0 Å². The summed E-state index contributed by atoms with van der Waals surface area (Å²) in [6, 6.07) is 0. The van der Waals surface area contributed by atoms with Gasteiger partial charge in [-0.3, -0.25) is 0 Å². The molecule has 0 aromatic heterocycles. The molecule has 0 spiro atoms. The average Bonchev–Trinajstić information content (AvgIpc) is 1.60. The molecule has 0 aromatic rings. The Labute approximate surface area is 61.0 Å². The molecule has 0 saturated heterocycles. The molecule has 0 amide bonds. The zero-order chi connectivity index (χ0) is 6.91. The van der Waals surface area contributed by atoms with Gasteiger partial charge in [0.15, 0.2) is 0 Å². The van der Waals surface area contributed by atoms with Gasteiger partial charge >= 0.3 is 0 Å². The van der Waals surface area contributed by atoms with Crippen molar-refractivity contribution >= 4 is 15.9 Å². The van der Waals surface area contributed by atoms with Crippen LogP contribution in [0.4, 0.5) is 4.39 Å². The van der Waals surface area contributed by atoms with E-state index in [1.807, 2.05) is 0 Å². The monoisotopic (exact) mass is 192 g/mol. The van der Waals surface area contributed by atoms with Crippen LogP contribution >= 0.6 is 15.9 Å². The second-order valence-electron chi connectivity index (χ2n) is 1.97. The molecule has 0 radical (unpaired) electrons. The summed E-state index contributed by atoms with van der Waals surface area (Å²) < 4.78 is 11.1. The number of rotatable bonds is 0. The summed E-state index contributed by atoms with van der Waals surface area (Å²) >= 11 is 2.92. The summed E-state index contributed by atoms with van der Waals surface area (Å²) in [4.78, 5) is 0. The van der Waals surface area contributed by atoms with Gasteiger partial charge in [0.25, 0.3) is 0 Å². The van der Waals surface area contributed by atoms with E-state index >= 15 is 0 Å². The van der Waals surface area contributed by atoms with Crippen LogP contribution in [0.15, 0.2) is 24.1 Å². The Hall–Kier alpha value is -0.150. The van der Waals surface area contributed by atoms with Crippen molar-refractivity contribution in [3.05, 3.63) is 24.1 Å². The van der Waals surface area contributed by atoms with E-state index in [9.17, 15) is 4.39 Å². The van der Waals surface area contributed by atoms with Gasteiger partial charge in [0.2, 0.25) is 0 Å². The molecule has 1 nitrogen and oxygen atoms in total. The smallest absolute Gasteiger partial charge is 0.144 e. The fourth-order valence-corrected chi connectivity index (χ4v) is 1.08. The SMILES string of the molecule is OC1(Br)C=CC=C(F)C1. The van der Waals surface area contributed by atoms with E-state index in [-0.39, 0.29) is 12.2 Å². The number of alkyl halides is 1. The summed E-state index contributed by atoms with van der Waals surface area (Å²) in [7, 11) is 0. The molecular weight excluding hydrogens is 187 g/mol. The molecule has 1 aliphatic rings. The van der Waals surface area contributed by atoms with Gasteiger partial charge in [0.05, 0.1) is 0 Å². The van der Waals surface area contributed by atoms with E-state index in [0.29, 0.717) is 0 Å². The first kappa shape index (κ1) is 6.96. The van der Waals surface area contributed by atoms with Crippen LogP contribution in [0.3, 0.4) is 0 Å². The minimum absolute atomic E-state index is 0.0174. The van der Waals surface area contributed by atoms with E-state index in [1.54, 1.807) is 0 Å². The molecular formula is C6H6BrFO. The van der Waals surface area contributed by atoms with Crippen molar-refractivity contribution < 1.29 is 9.50 Å². The third-order valence-corrected chi connectivity index (χ3v) is 1.59. The molecule has 1 atom stereocenters. The van der Waals surface area contributed by atoms with Gasteiger partial charge in [-0.25, -0.2) is 4.39 Å². The lowest BCUT2D eigenvalue weighted by atomic mass is 10.1. The van der Waals surface area contributed by atoms with Crippen molar-refractivity contribution in [3.8, 4) is 0 Å². The predicted molar refractivity (Wildman–Crippen MR) is 36.8 cm³/mol. The first-order valence-electron chi connectivity index (χ1n) is 2.55. The fourth-order valence-electron chi connectivity index (χ4n) is 0.655. The number of hydrogen-bond acceptors (Lipinski definition) is 1. The normalized spacial score (nSPS) is 34.3. The van der Waals surface area contributed by atoms with Gasteiger partial charge in [0, 0.05) is 6.42 Å². The second-order valence-corrected chi connectivity index (χ2v) is 3.34. The Bertz CT molecular complexity index is 172. The maximum Gasteiger partial charge on any atom is 0.144 e. The van der Waals surface area contributed by atoms with Crippen molar-refractivity contribution in [2.45, 2.75) is 10.9 Å². The topological polar surface area (TPSA) is 20.2 Å². The van der Waals surface area contributed by atoms with Gasteiger partial charge in [-0.1, -0.05) is 6.08 Å². The van der Waals surface area contributed by atoms with Crippen LogP contribution in [-0.2, 0) is 0 Å². The summed E-state index contributed by atoms with van der Waals surface area (Å²) in [6.07, 6.45) is 4.32. The standard InChI is InChI=1S/C6H6BrFO/c7-6(9)3-1-2-5(8)4-6/h1-3,9H,4H2. The van der Waals surface area contributed by atoms with E-state index in [4.69, 9.17) is 5.11 Å². The van der Waals surface area contributed by atoms with Gasteiger partial charge in [0.1, 0.15) is 10.3 Å². The molecule has 0 fully saturated rings. The Kier molecular flexibility index (Phi) is 1.73. The highest BCUT2D eigenvalue weighted by atomic mass is 79.9. The third-order valence-electron chi connectivity index (χ3n) is 1.05. The molecule has 9 heavy (non-hydrogen) atoms. The van der Waals surface area contributed by atoms with Gasteiger partial charge in [-0.2, -0.15) is 0 Å². The Morgan fingerprint density at radius 1 is 1.78 bits per heavy atom. The van der Waals surface area contributed by atoms with Crippen LogP contribution in [0.2, 0.25) is 0 Å². The summed E-state index contributed by atoms with van der Waals surface area (Å²) in [5.41, 5.74) is 0.